The van der Waals surface area contributed by atoms with Gasteiger partial charge < -0.3 is 9.64 Å². The largest absolute Gasteiger partial charge is 0.446 e. The van der Waals surface area contributed by atoms with E-state index in [1.54, 1.807) is 35.2 Å². The van der Waals surface area contributed by atoms with Gasteiger partial charge in [-0.05, 0) is 44.0 Å². The lowest BCUT2D eigenvalue weighted by atomic mass is 10.1. The van der Waals surface area contributed by atoms with Gasteiger partial charge >= 0.3 is 5.97 Å². The van der Waals surface area contributed by atoms with Crippen LogP contribution in [0.3, 0.4) is 0 Å². The van der Waals surface area contributed by atoms with Gasteiger partial charge in [-0.1, -0.05) is 41.9 Å². The normalized spacial score (nSPS) is 16.1. The quantitative estimate of drug-likeness (QED) is 0.655. The van der Waals surface area contributed by atoms with Gasteiger partial charge in [0.1, 0.15) is 6.04 Å². The van der Waals surface area contributed by atoms with E-state index in [1.165, 1.54) is 31.2 Å². The number of esters is 1. The predicted molar refractivity (Wildman–Crippen MR) is 112 cm³/mol. The van der Waals surface area contributed by atoms with Gasteiger partial charge in [0, 0.05) is 23.7 Å². The molecule has 9 heteroatoms. The van der Waals surface area contributed by atoms with Crippen molar-refractivity contribution < 1.29 is 22.7 Å². The fourth-order valence-corrected chi connectivity index (χ4v) is 4.49. The summed E-state index contributed by atoms with van der Waals surface area (Å²) in [7, 11) is -3.96. The van der Waals surface area contributed by atoms with E-state index in [2.05, 4.69) is 4.72 Å². The van der Waals surface area contributed by atoms with Crippen molar-refractivity contribution in [2.24, 2.45) is 0 Å². The van der Waals surface area contributed by atoms with Crippen LogP contribution in [-0.2, 0) is 24.3 Å². The molecule has 2 atom stereocenters. The minimum absolute atomic E-state index is 0.0284. The van der Waals surface area contributed by atoms with Crippen molar-refractivity contribution in [1.82, 2.24) is 9.62 Å². The van der Waals surface area contributed by atoms with Gasteiger partial charge in [-0.25, -0.2) is 8.42 Å². The summed E-state index contributed by atoms with van der Waals surface area (Å²) in [6, 6.07) is 13.1. The standard InChI is InChI=1S/C21H23ClN2O5S/c1-15(23-30(27,28)18-11-9-17(22)10-12-18)21(26)29-19(16-7-3-2-4-8-16)20(25)24-13-5-6-14-24/h2-4,7-12,15,19,23H,5-6,13-14H2,1H3/t15-,19?/m0/s1. The molecule has 1 unspecified atom stereocenters. The van der Waals surface area contributed by atoms with Gasteiger partial charge in [0.25, 0.3) is 5.91 Å². The molecule has 2 aromatic carbocycles. The number of benzene rings is 2. The second-order valence-corrected chi connectivity index (χ2v) is 9.21. The Kier molecular flexibility index (Phi) is 7.12. The third-order valence-corrected chi connectivity index (χ3v) is 6.60. The Balaban J connectivity index is 1.74. The van der Waals surface area contributed by atoms with E-state index in [4.69, 9.17) is 16.3 Å². The number of nitrogens with one attached hydrogen (secondary N) is 1. The van der Waals surface area contributed by atoms with Crippen LogP contribution in [0.25, 0.3) is 0 Å². The van der Waals surface area contributed by atoms with Gasteiger partial charge in [-0.15, -0.1) is 0 Å². The van der Waals surface area contributed by atoms with Crippen molar-refractivity contribution in [3.63, 3.8) is 0 Å². The van der Waals surface area contributed by atoms with Crippen LogP contribution < -0.4 is 4.72 Å². The van der Waals surface area contributed by atoms with Crippen LogP contribution in [0.15, 0.2) is 59.5 Å². The molecule has 0 aliphatic carbocycles. The molecular formula is C21H23ClN2O5S. The van der Waals surface area contributed by atoms with Gasteiger partial charge in [0.2, 0.25) is 16.1 Å². The molecule has 30 heavy (non-hydrogen) atoms. The smallest absolute Gasteiger partial charge is 0.325 e. The zero-order valence-corrected chi connectivity index (χ0v) is 18.0. The molecule has 0 bridgehead atoms. The summed E-state index contributed by atoms with van der Waals surface area (Å²) in [5.41, 5.74) is 0.538. The lowest BCUT2D eigenvalue weighted by Gasteiger charge is -2.25. The van der Waals surface area contributed by atoms with Crippen molar-refractivity contribution in [2.75, 3.05) is 13.1 Å². The molecule has 160 valence electrons. The molecule has 1 N–H and O–H groups in total. The average molecular weight is 451 g/mol. The number of nitrogens with zero attached hydrogens (tertiary/aromatic N) is 1. The van der Waals surface area contributed by atoms with E-state index in [0.29, 0.717) is 23.7 Å². The summed E-state index contributed by atoms with van der Waals surface area (Å²) in [6.07, 6.45) is 0.677. The van der Waals surface area contributed by atoms with E-state index in [-0.39, 0.29) is 10.8 Å². The minimum atomic E-state index is -3.96. The monoisotopic (exact) mass is 450 g/mol. The number of hydrogen-bond acceptors (Lipinski definition) is 5. The zero-order chi connectivity index (χ0) is 21.7. The molecule has 0 aromatic heterocycles. The van der Waals surface area contributed by atoms with Crippen molar-refractivity contribution in [3.8, 4) is 0 Å². The van der Waals surface area contributed by atoms with Crippen LogP contribution in [-0.4, -0.2) is 44.3 Å². The number of amides is 1. The maximum Gasteiger partial charge on any atom is 0.325 e. The number of sulfonamides is 1. The summed E-state index contributed by atoms with van der Waals surface area (Å²) in [5.74, 6) is -1.14. The van der Waals surface area contributed by atoms with Gasteiger partial charge in [0.05, 0.1) is 4.90 Å². The highest BCUT2D eigenvalue weighted by Crippen LogP contribution is 2.23. The van der Waals surface area contributed by atoms with Crippen LogP contribution >= 0.6 is 11.6 Å². The Morgan fingerprint density at radius 2 is 1.63 bits per heavy atom. The summed E-state index contributed by atoms with van der Waals surface area (Å²) in [4.78, 5) is 27.2. The first-order valence-electron chi connectivity index (χ1n) is 9.60. The number of likely N-dealkylation sites (tertiary alicyclic amines) is 1. The molecule has 1 aliphatic heterocycles. The molecule has 0 radical (unpaired) electrons. The van der Waals surface area contributed by atoms with Crippen LogP contribution in [0.4, 0.5) is 0 Å². The third-order valence-electron chi connectivity index (χ3n) is 4.79. The van der Waals surface area contributed by atoms with Crippen LogP contribution in [0.2, 0.25) is 5.02 Å². The molecule has 1 aliphatic rings. The second-order valence-electron chi connectivity index (χ2n) is 7.06. The summed E-state index contributed by atoms with van der Waals surface area (Å²) in [5, 5.41) is 0.396. The first kappa shape index (κ1) is 22.3. The highest BCUT2D eigenvalue weighted by atomic mass is 35.5. The summed E-state index contributed by atoms with van der Waals surface area (Å²) < 4.78 is 32.8. The van der Waals surface area contributed by atoms with E-state index in [9.17, 15) is 18.0 Å². The number of carbonyl (C=O) groups excluding carboxylic acids is 2. The second kappa shape index (κ2) is 9.59. The Morgan fingerprint density at radius 1 is 1.03 bits per heavy atom. The number of halogens is 1. The van der Waals surface area contributed by atoms with E-state index < -0.39 is 28.1 Å². The molecule has 1 heterocycles. The van der Waals surface area contributed by atoms with Crippen molar-refractivity contribution in [3.05, 3.63) is 65.2 Å². The molecule has 3 rings (SSSR count). The minimum Gasteiger partial charge on any atom is -0.446 e. The highest BCUT2D eigenvalue weighted by molar-refractivity contribution is 7.89. The molecule has 1 amide bonds. The summed E-state index contributed by atoms with van der Waals surface area (Å²) >= 11 is 5.79. The zero-order valence-electron chi connectivity index (χ0n) is 16.5. The van der Waals surface area contributed by atoms with Crippen LogP contribution in [0.1, 0.15) is 31.4 Å². The Hall–Kier alpha value is -2.42. The third kappa shape index (κ3) is 5.38. The molecule has 2 aromatic rings. The first-order valence-corrected chi connectivity index (χ1v) is 11.5. The van der Waals surface area contributed by atoms with Crippen LogP contribution in [0.5, 0.6) is 0 Å². The van der Waals surface area contributed by atoms with Gasteiger partial charge in [-0.2, -0.15) is 4.72 Å². The Labute approximate surface area is 181 Å². The molecule has 1 fully saturated rings. The van der Waals surface area contributed by atoms with E-state index >= 15 is 0 Å². The number of rotatable bonds is 7. The lowest BCUT2D eigenvalue weighted by Crippen LogP contribution is -2.42. The molecule has 0 saturated carbocycles. The maximum atomic E-state index is 12.9. The lowest BCUT2D eigenvalue weighted by molar-refractivity contribution is -0.161. The number of carbonyl (C=O) groups is 2. The topological polar surface area (TPSA) is 92.8 Å². The highest BCUT2D eigenvalue weighted by Gasteiger charge is 2.33. The predicted octanol–water partition coefficient (Wildman–Crippen LogP) is 2.91. The SMILES string of the molecule is C[C@H](NS(=O)(=O)c1ccc(Cl)cc1)C(=O)OC(C(=O)N1CCCC1)c1ccccc1. The summed E-state index contributed by atoms with van der Waals surface area (Å²) in [6.45, 7) is 2.59. The molecular weight excluding hydrogens is 428 g/mol. The molecule has 0 spiro atoms. The molecule has 7 nitrogen and oxygen atoms in total. The number of ether oxygens (including phenoxy) is 1. The van der Waals surface area contributed by atoms with Crippen molar-refractivity contribution in [2.45, 2.75) is 36.8 Å². The van der Waals surface area contributed by atoms with Crippen molar-refractivity contribution >= 4 is 33.5 Å². The van der Waals surface area contributed by atoms with E-state index in [0.717, 1.165) is 12.8 Å². The average Bonchev–Trinajstić information content (AvgIpc) is 3.27. The fraction of sp³-hybridized carbons (Fsp3) is 0.333. The van der Waals surface area contributed by atoms with Crippen molar-refractivity contribution in [1.29, 1.82) is 0 Å². The van der Waals surface area contributed by atoms with Crippen LogP contribution in [0, 0.1) is 0 Å². The van der Waals surface area contributed by atoms with E-state index in [1.807, 2.05) is 0 Å². The fourth-order valence-electron chi connectivity index (χ4n) is 3.17. The molecule has 1 saturated heterocycles. The Bertz CT molecular complexity index is 990. The maximum absolute atomic E-state index is 12.9. The van der Waals surface area contributed by atoms with Gasteiger partial charge in [0.15, 0.2) is 0 Å². The number of hydrogen-bond donors (Lipinski definition) is 1. The van der Waals surface area contributed by atoms with Gasteiger partial charge in [-0.3, -0.25) is 9.59 Å². The first-order chi connectivity index (χ1) is 14.3. The Morgan fingerprint density at radius 3 is 2.23 bits per heavy atom.